The number of carbonyl (C=O) groups is 3. The Kier molecular flexibility index (Phi) is 5.69. The molecule has 0 aliphatic carbocycles. The lowest BCUT2D eigenvalue weighted by molar-refractivity contribution is -0.116. The lowest BCUT2D eigenvalue weighted by Crippen LogP contribution is -2.30. The van der Waals surface area contributed by atoms with Gasteiger partial charge in [0.05, 0.1) is 11.1 Å². The summed E-state index contributed by atoms with van der Waals surface area (Å²) in [5.41, 5.74) is 3.97. The number of amides is 3. The highest BCUT2D eigenvalue weighted by atomic mass is 16.2. The number of imide groups is 1. The number of aryl methyl sites for hydroxylation is 2. The largest absolute Gasteiger partial charge is 0.326 e. The third-order valence-corrected chi connectivity index (χ3v) is 4.83. The summed E-state index contributed by atoms with van der Waals surface area (Å²) in [5, 5.41) is 2.95. The van der Waals surface area contributed by atoms with Gasteiger partial charge in [-0.1, -0.05) is 30.7 Å². The number of hydrogen-bond donors (Lipinski definition) is 1. The molecule has 1 aliphatic rings. The van der Waals surface area contributed by atoms with E-state index in [0.717, 1.165) is 29.7 Å². The summed E-state index contributed by atoms with van der Waals surface area (Å²) in [6.07, 6.45) is 2.63. The van der Waals surface area contributed by atoms with Crippen LogP contribution in [0.3, 0.4) is 0 Å². The fourth-order valence-electron chi connectivity index (χ4n) is 3.26. The topological polar surface area (TPSA) is 66.5 Å². The summed E-state index contributed by atoms with van der Waals surface area (Å²) in [7, 11) is 0. The maximum atomic E-state index is 12.3. The molecule has 3 amide bonds. The molecule has 0 bridgehead atoms. The first-order valence-corrected chi connectivity index (χ1v) is 9.29. The van der Waals surface area contributed by atoms with Crippen molar-refractivity contribution in [3.63, 3.8) is 0 Å². The second-order valence-corrected chi connectivity index (χ2v) is 6.98. The van der Waals surface area contributed by atoms with Crippen molar-refractivity contribution < 1.29 is 14.4 Å². The van der Waals surface area contributed by atoms with Gasteiger partial charge in [0.15, 0.2) is 0 Å². The molecule has 27 heavy (non-hydrogen) atoms. The highest BCUT2D eigenvalue weighted by molar-refractivity contribution is 6.21. The summed E-state index contributed by atoms with van der Waals surface area (Å²) >= 11 is 0. The van der Waals surface area contributed by atoms with Crippen molar-refractivity contribution in [3.05, 3.63) is 64.7 Å². The van der Waals surface area contributed by atoms with Crippen LogP contribution in [0.15, 0.2) is 42.5 Å². The fourth-order valence-corrected chi connectivity index (χ4v) is 3.26. The maximum absolute atomic E-state index is 12.3. The lowest BCUT2D eigenvalue weighted by Gasteiger charge is -2.13. The van der Waals surface area contributed by atoms with Gasteiger partial charge in [0.1, 0.15) is 0 Å². The van der Waals surface area contributed by atoms with Crippen LogP contribution in [0.4, 0.5) is 5.69 Å². The third kappa shape index (κ3) is 4.25. The van der Waals surface area contributed by atoms with E-state index in [9.17, 15) is 14.4 Å². The van der Waals surface area contributed by atoms with Crippen molar-refractivity contribution in [1.29, 1.82) is 0 Å². The Hall–Kier alpha value is -2.95. The van der Waals surface area contributed by atoms with Crippen LogP contribution in [0.5, 0.6) is 0 Å². The van der Waals surface area contributed by atoms with Crippen molar-refractivity contribution in [3.8, 4) is 0 Å². The van der Waals surface area contributed by atoms with Gasteiger partial charge in [0.25, 0.3) is 11.8 Å². The van der Waals surface area contributed by atoms with Gasteiger partial charge >= 0.3 is 0 Å². The molecule has 0 radical (unpaired) electrons. The molecule has 0 unspecified atom stereocenters. The summed E-state index contributed by atoms with van der Waals surface area (Å²) in [4.78, 5) is 38.0. The maximum Gasteiger partial charge on any atom is 0.261 e. The number of hydrogen-bond acceptors (Lipinski definition) is 3. The van der Waals surface area contributed by atoms with Crippen molar-refractivity contribution in [2.45, 2.75) is 39.5 Å². The first-order chi connectivity index (χ1) is 13.0. The monoisotopic (exact) mass is 364 g/mol. The minimum Gasteiger partial charge on any atom is -0.326 e. The third-order valence-electron chi connectivity index (χ3n) is 4.83. The molecule has 1 N–H and O–H groups in total. The molecule has 1 aliphatic heterocycles. The van der Waals surface area contributed by atoms with Gasteiger partial charge in [-0.05, 0) is 56.0 Å². The van der Waals surface area contributed by atoms with E-state index < -0.39 is 0 Å². The van der Waals surface area contributed by atoms with E-state index in [0.29, 0.717) is 30.5 Å². The van der Waals surface area contributed by atoms with Crippen LogP contribution in [0.25, 0.3) is 0 Å². The molecule has 2 aromatic rings. The molecule has 5 heteroatoms. The van der Waals surface area contributed by atoms with Crippen LogP contribution < -0.4 is 5.32 Å². The van der Waals surface area contributed by atoms with Crippen molar-refractivity contribution in [2.24, 2.45) is 0 Å². The quantitative estimate of drug-likeness (QED) is 0.594. The van der Waals surface area contributed by atoms with Gasteiger partial charge in [-0.3, -0.25) is 19.3 Å². The number of carbonyl (C=O) groups excluding carboxylic acids is 3. The highest BCUT2D eigenvalue weighted by Crippen LogP contribution is 2.23. The predicted octanol–water partition coefficient (Wildman–Crippen LogP) is 4.10. The summed E-state index contributed by atoms with van der Waals surface area (Å²) in [5.74, 6) is -0.448. The van der Waals surface area contributed by atoms with Gasteiger partial charge in [-0.25, -0.2) is 0 Å². The van der Waals surface area contributed by atoms with E-state index >= 15 is 0 Å². The number of benzene rings is 2. The Morgan fingerprint density at radius 2 is 1.59 bits per heavy atom. The number of rotatable bonds is 7. The summed E-state index contributed by atoms with van der Waals surface area (Å²) in [6, 6.07) is 12.9. The molecule has 140 valence electrons. The Morgan fingerprint density at radius 1 is 0.926 bits per heavy atom. The number of anilines is 1. The van der Waals surface area contributed by atoms with E-state index in [1.165, 1.54) is 4.90 Å². The van der Waals surface area contributed by atoms with Crippen molar-refractivity contribution in [1.82, 2.24) is 4.90 Å². The van der Waals surface area contributed by atoms with Crippen LogP contribution >= 0.6 is 0 Å². The van der Waals surface area contributed by atoms with E-state index in [1.807, 2.05) is 32.0 Å². The normalized spacial score (nSPS) is 13.0. The van der Waals surface area contributed by atoms with E-state index in [-0.39, 0.29) is 17.7 Å². The smallest absolute Gasteiger partial charge is 0.261 e. The molecule has 0 spiro atoms. The average Bonchev–Trinajstić information content (AvgIpc) is 2.89. The Balaban J connectivity index is 1.41. The molecule has 5 nitrogen and oxygen atoms in total. The predicted molar refractivity (Wildman–Crippen MR) is 105 cm³/mol. The van der Waals surface area contributed by atoms with Crippen LogP contribution in [0.2, 0.25) is 0 Å². The molecule has 3 rings (SSSR count). The number of unbranched alkanes of at least 4 members (excludes halogenated alkanes) is 2. The Labute approximate surface area is 159 Å². The molecule has 0 fully saturated rings. The number of nitrogens with zero attached hydrogens (tertiary/aromatic N) is 1. The second kappa shape index (κ2) is 8.16. The van der Waals surface area contributed by atoms with Crippen LogP contribution in [0, 0.1) is 13.8 Å². The Bertz CT molecular complexity index is 854. The average molecular weight is 364 g/mol. The highest BCUT2D eigenvalue weighted by Gasteiger charge is 2.34. The van der Waals surface area contributed by atoms with Crippen LogP contribution in [-0.4, -0.2) is 29.2 Å². The van der Waals surface area contributed by atoms with Crippen molar-refractivity contribution in [2.75, 3.05) is 11.9 Å². The lowest BCUT2D eigenvalue weighted by atomic mass is 10.1. The first kappa shape index (κ1) is 18.8. The summed E-state index contributed by atoms with van der Waals surface area (Å²) in [6.45, 7) is 4.36. The molecule has 2 aromatic carbocycles. The SMILES string of the molecule is Cc1ccc(C)c(NC(=O)CCCCCN2C(=O)c3ccccc3C2=O)c1. The fraction of sp³-hybridized carbons (Fsp3) is 0.318. The zero-order chi connectivity index (χ0) is 19.4. The van der Waals surface area contributed by atoms with Gasteiger partial charge in [0.2, 0.25) is 5.91 Å². The zero-order valence-corrected chi connectivity index (χ0v) is 15.7. The molecule has 0 aromatic heterocycles. The number of fused-ring (bicyclic) bond motifs is 1. The molecule has 0 saturated carbocycles. The zero-order valence-electron chi connectivity index (χ0n) is 15.7. The molecule has 1 heterocycles. The minimum atomic E-state index is -0.219. The van der Waals surface area contributed by atoms with Crippen molar-refractivity contribution >= 4 is 23.4 Å². The molecular formula is C22H24N2O3. The van der Waals surface area contributed by atoms with Gasteiger partial charge in [-0.2, -0.15) is 0 Å². The Morgan fingerprint density at radius 3 is 2.26 bits per heavy atom. The van der Waals surface area contributed by atoms with Crippen LogP contribution in [0.1, 0.15) is 57.5 Å². The summed E-state index contributed by atoms with van der Waals surface area (Å²) < 4.78 is 0. The molecule has 0 atom stereocenters. The van der Waals surface area contributed by atoms with E-state index in [2.05, 4.69) is 5.32 Å². The van der Waals surface area contributed by atoms with E-state index in [4.69, 9.17) is 0 Å². The van der Waals surface area contributed by atoms with Gasteiger partial charge in [-0.15, -0.1) is 0 Å². The standard InChI is InChI=1S/C22H24N2O3/c1-15-11-12-16(2)19(14-15)23-20(25)10-4-3-7-13-24-21(26)17-8-5-6-9-18(17)22(24)27/h5-6,8-9,11-12,14H,3-4,7,10,13H2,1-2H3,(H,23,25). The minimum absolute atomic E-state index is 0.00979. The second-order valence-electron chi connectivity index (χ2n) is 6.98. The van der Waals surface area contributed by atoms with Gasteiger partial charge < -0.3 is 5.32 Å². The number of nitrogens with one attached hydrogen (secondary N) is 1. The molecule has 0 saturated heterocycles. The van der Waals surface area contributed by atoms with E-state index in [1.54, 1.807) is 24.3 Å². The molecular weight excluding hydrogens is 340 g/mol. The first-order valence-electron chi connectivity index (χ1n) is 9.29. The van der Waals surface area contributed by atoms with Crippen LogP contribution in [-0.2, 0) is 4.79 Å². The van der Waals surface area contributed by atoms with Gasteiger partial charge in [0, 0.05) is 18.7 Å².